The molecule has 0 spiro atoms. The van der Waals surface area contributed by atoms with Crippen molar-refractivity contribution >= 4 is 74.9 Å². The van der Waals surface area contributed by atoms with Crippen molar-refractivity contribution in [2.75, 3.05) is 11.9 Å². The van der Waals surface area contributed by atoms with Gasteiger partial charge in [0.1, 0.15) is 5.25 Å². The minimum atomic E-state index is -0.621. The number of anilines is 1. The molecule has 1 N–H and O–H groups in total. The zero-order valence-electron chi connectivity index (χ0n) is 17.9. The van der Waals surface area contributed by atoms with Crippen LogP contribution in [-0.2, 0) is 16.0 Å². The Hall–Kier alpha value is -2.51. The summed E-state index contributed by atoms with van der Waals surface area (Å²) >= 11 is 19.3. The predicted octanol–water partition coefficient (Wildman–Crippen LogP) is 6.85. The maximum atomic E-state index is 13.1. The second-order valence-electron chi connectivity index (χ2n) is 7.60. The molecule has 5 nitrogen and oxygen atoms in total. The third-order valence-corrected chi connectivity index (χ3v) is 7.04. The lowest BCUT2D eigenvalue weighted by molar-refractivity contribution is -0.129. The summed E-state index contributed by atoms with van der Waals surface area (Å²) in [6, 6.07) is 21.4. The Balaban J connectivity index is 1.55. The Morgan fingerprint density at radius 2 is 1.65 bits per heavy atom. The second-order valence-corrected chi connectivity index (χ2v) is 10.1. The lowest BCUT2D eigenvalue weighted by Gasteiger charge is -2.32. The minimum absolute atomic E-state index is 0.0668. The highest BCUT2D eigenvalue weighted by atomic mass is 35.5. The molecule has 174 valence electrons. The van der Waals surface area contributed by atoms with E-state index in [-0.39, 0.29) is 18.2 Å². The minimum Gasteiger partial charge on any atom is -0.325 e. The van der Waals surface area contributed by atoms with Crippen LogP contribution >= 0.6 is 46.6 Å². The summed E-state index contributed by atoms with van der Waals surface area (Å²) in [6.45, 7) is 0.433. The summed E-state index contributed by atoms with van der Waals surface area (Å²) < 4.78 is 0. The fourth-order valence-corrected chi connectivity index (χ4v) is 4.94. The SMILES string of the molecule is O=C(Nc1cccc(Cl)c1)C1CC(=O)N(CCc2ccc(Cl)cc2)C(=Nc2ccc(Cl)cc2)S1. The Morgan fingerprint density at radius 1 is 0.971 bits per heavy atom. The van der Waals surface area contributed by atoms with E-state index < -0.39 is 5.25 Å². The molecular formula is C25H20Cl3N3O2S. The second kappa shape index (κ2) is 11.3. The van der Waals surface area contributed by atoms with Gasteiger partial charge in [-0.05, 0) is 66.6 Å². The Bertz CT molecular complexity index is 1220. The average molecular weight is 533 g/mol. The number of hydrogen-bond donors (Lipinski definition) is 1. The molecule has 0 aliphatic carbocycles. The number of nitrogens with one attached hydrogen (secondary N) is 1. The van der Waals surface area contributed by atoms with Gasteiger partial charge in [0.25, 0.3) is 0 Å². The van der Waals surface area contributed by atoms with Gasteiger partial charge in [-0.2, -0.15) is 0 Å². The molecule has 34 heavy (non-hydrogen) atoms. The highest BCUT2D eigenvalue weighted by molar-refractivity contribution is 8.15. The van der Waals surface area contributed by atoms with Crippen LogP contribution in [0.4, 0.5) is 11.4 Å². The number of carbonyl (C=O) groups is 2. The molecule has 2 amide bonds. The summed E-state index contributed by atoms with van der Waals surface area (Å²) in [5, 5.41) is 4.46. The number of amides is 2. The van der Waals surface area contributed by atoms with Crippen LogP contribution in [0.15, 0.2) is 77.8 Å². The lowest BCUT2D eigenvalue weighted by Crippen LogP contribution is -2.46. The monoisotopic (exact) mass is 531 g/mol. The van der Waals surface area contributed by atoms with Gasteiger partial charge in [-0.15, -0.1) is 0 Å². The van der Waals surface area contributed by atoms with Crippen molar-refractivity contribution in [2.45, 2.75) is 18.1 Å². The van der Waals surface area contributed by atoms with Crippen LogP contribution < -0.4 is 5.32 Å². The van der Waals surface area contributed by atoms with Crippen molar-refractivity contribution in [3.8, 4) is 0 Å². The van der Waals surface area contributed by atoms with E-state index in [1.54, 1.807) is 53.4 Å². The van der Waals surface area contributed by atoms with Crippen LogP contribution in [0.3, 0.4) is 0 Å². The first kappa shape index (κ1) is 24.6. The normalized spacial score (nSPS) is 17.1. The van der Waals surface area contributed by atoms with Crippen LogP contribution in [0.25, 0.3) is 0 Å². The van der Waals surface area contributed by atoms with Crippen molar-refractivity contribution in [1.82, 2.24) is 4.90 Å². The molecule has 1 fully saturated rings. The molecule has 0 aromatic heterocycles. The predicted molar refractivity (Wildman–Crippen MR) is 141 cm³/mol. The molecule has 0 bridgehead atoms. The van der Waals surface area contributed by atoms with E-state index in [0.29, 0.717) is 44.6 Å². The molecule has 3 aromatic rings. The summed E-state index contributed by atoms with van der Waals surface area (Å²) in [5.74, 6) is -0.437. The van der Waals surface area contributed by atoms with Crippen molar-refractivity contribution in [3.05, 3.63) is 93.4 Å². The Labute approximate surface area is 217 Å². The van der Waals surface area contributed by atoms with Crippen molar-refractivity contribution in [2.24, 2.45) is 4.99 Å². The van der Waals surface area contributed by atoms with E-state index in [2.05, 4.69) is 10.3 Å². The van der Waals surface area contributed by atoms with E-state index in [4.69, 9.17) is 34.8 Å². The van der Waals surface area contributed by atoms with Gasteiger partial charge in [0, 0.05) is 33.7 Å². The first-order chi connectivity index (χ1) is 16.4. The third kappa shape index (κ3) is 6.54. The van der Waals surface area contributed by atoms with Gasteiger partial charge in [-0.1, -0.05) is 64.8 Å². The first-order valence-corrected chi connectivity index (χ1v) is 12.5. The number of carbonyl (C=O) groups excluding carboxylic acids is 2. The van der Waals surface area contributed by atoms with Crippen molar-refractivity contribution in [3.63, 3.8) is 0 Å². The number of hydrogen-bond acceptors (Lipinski definition) is 4. The van der Waals surface area contributed by atoms with Crippen LogP contribution in [0.1, 0.15) is 12.0 Å². The van der Waals surface area contributed by atoms with Gasteiger partial charge in [-0.25, -0.2) is 4.99 Å². The van der Waals surface area contributed by atoms with Crippen molar-refractivity contribution in [1.29, 1.82) is 0 Å². The van der Waals surface area contributed by atoms with E-state index in [0.717, 1.165) is 5.56 Å². The number of halogens is 3. The standard InChI is InChI=1S/C25H20Cl3N3O2S/c26-17-6-4-16(5-7-17)12-13-31-23(32)15-22(24(33)29-21-3-1-2-19(28)14-21)34-25(31)30-20-10-8-18(27)9-11-20/h1-11,14,22H,12-13,15H2,(H,29,33). The van der Waals surface area contributed by atoms with Gasteiger partial charge in [0.2, 0.25) is 11.8 Å². The maximum Gasteiger partial charge on any atom is 0.238 e. The number of aliphatic imine (C=N–C) groups is 1. The van der Waals surface area contributed by atoms with Crippen LogP contribution in [0.5, 0.6) is 0 Å². The number of amidine groups is 1. The topological polar surface area (TPSA) is 61.8 Å². The third-order valence-electron chi connectivity index (χ3n) is 5.11. The van der Waals surface area contributed by atoms with Gasteiger partial charge < -0.3 is 5.32 Å². The number of nitrogens with zero attached hydrogens (tertiary/aromatic N) is 2. The molecule has 1 aliphatic rings. The average Bonchev–Trinajstić information content (AvgIpc) is 2.81. The van der Waals surface area contributed by atoms with Gasteiger partial charge >= 0.3 is 0 Å². The molecule has 9 heteroatoms. The van der Waals surface area contributed by atoms with Gasteiger partial charge in [0.05, 0.1) is 5.69 Å². The van der Waals surface area contributed by atoms with Gasteiger partial charge in [-0.3, -0.25) is 14.5 Å². The van der Waals surface area contributed by atoms with Crippen LogP contribution in [0, 0.1) is 0 Å². The van der Waals surface area contributed by atoms with E-state index in [1.165, 1.54) is 11.8 Å². The molecule has 4 rings (SSSR count). The molecule has 1 atom stereocenters. The highest BCUT2D eigenvalue weighted by Gasteiger charge is 2.35. The number of rotatable bonds is 6. The van der Waals surface area contributed by atoms with Gasteiger partial charge in [0.15, 0.2) is 5.17 Å². The fourth-order valence-electron chi connectivity index (χ4n) is 3.37. The number of benzene rings is 3. The lowest BCUT2D eigenvalue weighted by atomic mass is 10.1. The summed E-state index contributed by atoms with van der Waals surface area (Å²) in [7, 11) is 0. The van der Waals surface area contributed by atoms with E-state index >= 15 is 0 Å². The van der Waals surface area contributed by atoms with E-state index in [9.17, 15) is 9.59 Å². The smallest absolute Gasteiger partial charge is 0.238 e. The molecule has 3 aromatic carbocycles. The first-order valence-electron chi connectivity index (χ1n) is 10.5. The zero-order valence-corrected chi connectivity index (χ0v) is 21.0. The molecular weight excluding hydrogens is 513 g/mol. The fraction of sp³-hybridized carbons (Fsp3) is 0.160. The maximum absolute atomic E-state index is 13.1. The Morgan fingerprint density at radius 3 is 2.32 bits per heavy atom. The highest BCUT2D eigenvalue weighted by Crippen LogP contribution is 2.31. The van der Waals surface area contributed by atoms with Crippen LogP contribution in [0.2, 0.25) is 15.1 Å². The van der Waals surface area contributed by atoms with Crippen LogP contribution in [-0.4, -0.2) is 33.7 Å². The molecule has 1 heterocycles. The molecule has 0 saturated carbocycles. The Kier molecular flexibility index (Phi) is 8.16. The van der Waals surface area contributed by atoms with E-state index in [1.807, 2.05) is 24.3 Å². The number of thioether (sulfide) groups is 1. The zero-order chi connectivity index (χ0) is 24.1. The summed E-state index contributed by atoms with van der Waals surface area (Å²) in [6.07, 6.45) is 0.694. The summed E-state index contributed by atoms with van der Waals surface area (Å²) in [4.78, 5) is 32.4. The molecule has 1 unspecified atom stereocenters. The molecule has 1 saturated heterocycles. The molecule has 0 radical (unpaired) electrons. The largest absolute Gasteiger partial charge is 0.325 e. The summed E-state index contributed by atoms with van der Waals surface area (Å²) in [5.41, 5.74) is 2.27. The van der Waals surface area contributed by atoms with Crippen molar-refractivity contribution < 1.29 is 9.59 Å². The molecule has 1 aliphatic heterocycles. The quantitative estimate of drug-likeness (QED) is 0.378.